The van der Waals surface area contributed by atoms with E-state index < -0.39 is 0 Å². The average molecular weight is 213 g/mol. The van der Waals surface area contributed by atoms with Crippen LogP contribution in [-0.4, -0.2) is 4.98 Å². The largest absolute Gasteiger partial charge is 0.265 e. The minimum absolute atomic E-state index is 0.848. The summed E-state index contributed by atoms with van der Waals surface area (Å²) in [4.78, 5) is 4.65. The second-order valence-corrected chi connectivity index (χ2v) is 3.17. The summed E-state index contributed by atoms with van der Waals surface area (Å²) in [5.41, 5.74) is 0.848. The summed E-state index contributed by atoms with van der Waals surface area (Å²) < 4.78 is 0. The molecule has 15 heavy (non-hydrogen) atoms. The molecule has 0 aliphatic heterocycles. The van der Waals surface area contributed by atoms with Crippen LogP contribution in [0.3, 0.4) is 0 Å². The van der Waals surface area contributed by atoms with Gasteiger partial charge in [-0.05, 0) is 24.3 Å². The Morgan fingerprint density at radius 3 is 2.00 bits per heavy atom. The molecule has 1 nitrogen and oxygen atoms in total. The second-order valence-electron chi connectivity index (χ2n) is 2.69. The monoisotopic (exact) mass is 213 g/mol. The zero-order valence-electron chi connectivity index (χ0n) is 8.17. The summed E-state index contributed by atoms with van der Waals surface area (Å²) in [7, 11) is 0. The first-order valence-corrected chi connectivity index (χ1v) is 4.89. The van der Waals surface area contributed by atoms with Crippen LogP contribution in [0.1, 0.15) is 5.56 Å². The van der Waals surface area contributed by atoms with Gasteiger partial charge in [0.25, 0.3) is 0 Å². The van der Waals surface area contributed by atoms with Crippen molar-refractivity contribution in [1.29, 1.82) is 0 Å². The first kappa shape index (κ1) is 11.4. The number of thiol groups is 1. The molecule has 0 amide bonds. The third kappa shape index (κ3) is 4.35. The van der Waals surface area contributed by atoms with Crippen LogP contribution in [0.5, 0.6) is 0 Å². The molecular weight excluding hydrogens is 202 g/mol. The fourth-order valence-corrected chi connectivity index (χ4v) is 1.13. The van der Waals surface area contributed by atoms with E-state index in [0.717, 1.165) is 10.5 Å². The first-order chi connectivity index (χ1) is 7.34. The van der Waals surface area contributed by atoms with E-state index in [2.05, 4.69) is 23.5 Å². The van der Waals surface area contributed by atoms with Crippen LogP contribution < -0.4 is 0 Å². The molecule has 0 radical (unpaired) electrons. The van der Waals surface area contributed by atoms with Crippen LogP contribution in [-0.2, 0) is 0 Å². The highest BCUT2D eigenvalue weighted by molar-refractivity contribution is 7.80. The van der Waals surface area contributed by atoms with Crippen LogP contribution in [0.25, 0.3) is 0 Å². The normalized spacial score (nSPS) is 8.27. The molecule has 0 atom stereocenters. The molecule has 1 aromatic carbocycles. The molecule has 2 aromatic rings. The molecule has 0 unspecified atom stereocenters. The summed E-state index contributed by atoms with van der Waals surface area (Å²) in [6.07, 6.45) is 8.65. The Morgan fingerprint density at radius 1 is 1.00 bits per heavy atom. The molecule has 0 saturated heterocycles. The van der Waals surface area contributed by atoms with Gasteiger partial charge in [-0.25, -0.2) is 0 Å². The molecule has 0 aliphatic rings. The van der Waals surface area contributed by atoms with Crippen LogP contribution in [0.15, 0.2) is 59.8 Å². The van der Waals surface area contributed by atoms with Crippen molar-refractivity contribution in [3.8, 4) is 12.3 Å². The minimum Gasteiger partial charge on any atom is -0.265 e. The zero-order valence-corrected chi connectivity index (χ0v) is 9.06. The van der Waals surface area contributed by atoms with Crippen molar-refractivity contribution in [1.82, 2.24) is 4.98 Å². The maximum Gasteiger partial charge on any atom is 0.0375 e. The lowest BCUT2D eigenvalue weighted by Crippen LogP contribution is -1.73. The Morgan fingerprint density at radius 2 is 1.67 bits per heavy atom. The van der Waals surface area contributed by atoms with E-state index in [1.807, 2.05) is 42.5 Å². The Balaban J connectivity index is 0.000000162. The summed E-state index contributed by atoms with van der Waals surface area (Å²) in [6, 6.07) is 13.3. The summed E-state index contributed by atoms with van der Waals surface area (Å²) >= 11 is 4.14. The lowest BCUT2D eigenvalue weighted by atomic mass is 10.2. The van der Waals surface area contributed by atoms with Crippen molar-refractivity contribution in [2.75, 3.05) is 0 Å². The van der Waals surface area contributed by atoms with E-state index in [-0.39, 0.29) is 0 Å². The van der Waals surface area contributed by atoms with E-state index in [1.54, 1.807) is 12.4 Å². The predicted molar refractivity (Wildman–Crippen MR) is 65.9 cm³/mol. The van der Waals surface area contributed by atoms with Gasteiger partial charge in [0, 0.05) is 22.9 Å². The number of terminal acetylenes is 1. The third-order valence-electron chi connectivity index (χ3n) is 1.63. The summed E-state index contributed by atoms with van der Waals surface area (Å²) in [6.45, 7) is 0. The minimum atomic E-state index is 0.848. The number of benzene rings is 1. The lowest BCUT2D eigenvalue weighted by Gasteiger charge is -1.91. The molecule has 0 N–H and O–H groups in total. The Hall–Kier alpha value is -1.72. The maximum atomic E-state index is 5.15. The highest BCUT2D eigenvalue weighted by atomic mass is 32.1. The van der Waals surface area contributed by atoms with Gasteiger partial charge in [-0.3, -0.25) is 4.98 Å². The highest BCUT2D eigenvalue weighted by Gasteiger charge is 1.88. The van der Waals surface area contributed by atoms with E-state index >= 15 is 0 Å². The van der Waals surface area contributed by atoms with Gasteiger partial charge in [0.15, 0.2) is 0 Å². The molecule has 0 spiro atoms. The average Bonchev–Trinajstić information content (AvgIpc) is 2.33. The lowest BCUT2D eigenvalue weighted by molar-refractivity contribution is 1.33. The van der Waals surface area contributed by atoms with E-state index in [1.165, 1.54) is 0 Å². The molecule has 74 valence electrons. The standard InChI is InChI=1S/C8H6S.C5H5N/c1-2-7-5-3-4-6-8(7)9;1-2-4-6-5-3-1/h1,3-6,9H;1-5H. The molecule has 1 heterocycles. The maximum absolute atomic E-state index is 5.15. The topological polar surface area (TPSA) is 12.9 Å². The van der Waals surface area contributed by atoms with Gasteiger partial charge < -0.3 is 0 Å². The molecule has 2 rings (SSSR count). The van der Waals surface area contributed by atoms with Crippen LogP contribution in [0, 0.1) is 12.3 Å². The van der Waals surface area contributed by atoms with Crippen molar-refractivity contribution in [2.24, 2.45) is 0 Å². The molecular formula is C13H11NS. The molecule has 0 saturated carbocycles. The van der Waals surface area contributed by atoms with Crippen molar-refractivity contribution in [3.05, 3.63) is 60.4 Å². The van der Waals surface area contributed by atoms with Crippen molar-refractivity contribution in [2.45, 2.75) is 4.90 Å². The fourth-order valence-electron chi connectivity index (χ4n) is 0.908. The van der Waals surface area contributed by atoms with Crippen molar-refractivity contribution >= 4 is 12.6 Å². The Kier molecular flexibility index (Phi) is 5.07. The Bertz CT molecular complexity index is 405. The van der Waals surface area contributed by atoms with Crippen LogP contribution in [0.2, 0.25) is 0 Å². The number of pyridine rings is 1. The zero-order chi connectivity index (χ0) is 10.9. The van der Waals surface area contributed by atoms with Gasteiger partial charge in [-0.15, -0.1) is 19.1 Å². The molecule has 2 heteroatoms. The highest BCUT2D eigenvalue weighted by Crippen LogP contribution is 2.10. The van der Waals surface area contributed by atoms with E-state index in [9.17, 15) is 0 Å². The smallest absolute Gasteiger partial charge is 0.0375 e. The summed E-state index contributed by atoms with van der Waals surface area (Å²) in [5.74, 6) is 2.52. The Labute approximate surface area is 95.6 Å². The van der Waals surface area contributed by atoms with Gasteiger partial charge in [-0.1, -0.05) is 24.1 Å². The van der Waals surface area contributed by atoms with Crippen molar-refractivity contribution < 1.29 is 0 Å². The van der Waals surface area contributed by atoms with Gasteiger partial charge in [-0.2, -0.15) is 0 Å². The SMILES string of the molecule is C#Cc1ccccc1S.c1ccncc1. The van der Waals surface area contributed by atoms with Gasteiger partial charge in [0.1, 0.15) is 0 Å². The first-order valence-electron chi connectivity index (χ1n) is 4.44. The van der Waals surface area contributed by atoms with Crippen LogP contribution >= 0.6 is 12.6 Å². The fraction of sp³-hybridized carbons (Fsp3) is 0. The molecule has 1 aromatic heterocycles. The number of hydrogen-bond donors (Lipinski definition) is 1. The van der Waals surface area contributed by atoms with Crippen LogP contribution in [0.4, 0.5) is 0 Å². The second kappa shape index (κ2) is 6.69. The molecule has 0 aliphatic carbocycles. The quantitative estimate of drug-likeness (QED) is 0.524. The number of rotatable bonds is 0. The number of hydrogen-bond acceptors (Lipinski definition) is 2. The third-order valence-corrected chi connectivity index (χ3v) is 2.02. The molecule has 0 bridgehead atoms. The molecule has 0 fully saturated rings. The number of aromatic nitrogens is 1. The van der Waals surface area contributed by atoms with Gasteiger partial charge in [0.05, 0.1) is 0 Å². The number of nitrogens with zero attached hydrogens (tertiary/aromatic N) is 1. The van der Waals surface area contributed by atoms with E-state index in [0.29, 0.717) is 0 Å². The predicted octanol–water partition coefficient (Wildman–Crippen LogP) is 3.04. The van der Waals surface area contributed by atoms with Gasteiger partial charge in [0.2, 0.25) is 0 Å². The summed E-state index contributed by atoms with van der Waals surface area (Å²) in [5, 5.41) is 0. The van der Waals surface area contributed by atoms with Gasteiger partial charge >= 0.3 is 0 Å². The van der Waals surface area contributed by atoms with E-state index in [4.69, 9.17) is 6.42 Å². The van der Waals surface area contributed by atoms with Crippen molar-refractivity contribution in [3.63, 3.8) is 0 Å².